The van der Waals surface area contributed by atoms with E-state index in [9.17, 15) is 0 Å². The highest BCUT2D eigenvalue weighted by Crippen LogP contribution is 2.42. The number of carbonyl (C=O) groups is 1. The Kier molecular flexibility index (Phi) is 4.12. The first-order chi connectivity index (χ1) is 12.3. The Morgan fingerprint density at radius 2 is 1.28 bits per heavy atom. The van der Waals surface area contributed by atoms with E-state index >= 15 is 0 Å². The Morgan fingerprint density at radius 3 is 2.00 bits per heavy atom. The Bertz CT molecular complexity index is 1000. The van der Waals surface area contributed by atoms with Crippen molar-refractivity contribution in [2.75, 3.05) is 5.32 Å². The monoisotopic (exact) mass is 345 g/mol. The zero-order chi connectivity index (χ0) is 17.2. The van der Waals surface area contributed by atoms with E-state index in [1.807, 2.05) is 0 Å². The van der Waals surface area contributed by atoms with E-state index in [1.165, 1.54) is 44.0 Å². The fourth-order valence-corrected chi connectivity index (χ4v) is 3.66. The van der Waals surface area contributed by atoms with E-state index < -0.39 is 0 Å². The molecule has 0 atom stereocenters. The molecule has 0 bridgehead atoms. The van der Waals surface area contributed by atoms with Gasteiger partial charge in [-0.25, -0.2) is 0 Å². The smallest absolute Gasteiger partial charge is 0.208 e. The van der Waals surface area contributed by atoms with Gasteiger partial charge in [0.05, 0.1) is 5.69 Å². The lowest BCUT2D eigenvalue weighted by Crippen LogP contribution is -2.08. The average Bonchev–Trinajstić information content (AvgIpc) is 2.68. The molecule has 3 heteroatoms. The first kappa shape index (κ1) is 15.7. The molecule has 0 saturated heterocycles. The third kappa shape index (κ3) is 2.65. The number of rotatable bonds is 0. The summed E-state index contributed by atoms with van der Waals surface area (Å²) < 4.78 is 0. The maximum absolute atomic E-state index is 8.57. The summed E-state index contributed by atoms with van der Waals surface area (Å²) in [4.78, 5) is 8.57. The molecule has 0 spiro atoms. The molecule has 4 aromatic rings. The zero-order valence-electron chi connectivity index (χ0n) is 13.5. The number of anilines is 2. The number of halogens is 1. The molecule has 0 amide bonds. The van der Waals surface area contributed by atoms with Crippen molar-refractivity contribution in [2.45, 2.75) is 6.42 Å². The number of carbonyl (C=O) groups excluding carboxylic acids is 1. The van der Waals surface area contributed by atoms with E-state index in [0.29, 0.717) is 0 Å². The lowest BCUT2D eigenvalue weighted by Gasteiger charge is -2.25. The predicted molar refractivity (Wildman–Crippen MR) is 107 cm³/mol. The minimum Gasteiger partial charge on any atom is -0.355 e. The van der Waals surface area contributed by atoms with Crippen molar-refractivity contribution in [1.29, 1.82) is 0 Å². The van der Waals surface area contributed by atoms with Crippen LogP contribution in [0.2, 0.25) is 0 Å². The average molecular weight is 346 g/mol. The summed E-state index contributed by atoms with van der Waals surface area (Å²) in [5.74, 6) is 0.222. The van der Waals surface area contributed by atoms with Crippen molar-refractivity contribution in [3.8, 4) is 0 Å². The normalized spacial score (nSPS) is 11.7. The summed E-state index contributed by atoms with van der Waals surface area (Å²) in [5.41, 5.74) is 5.28. The van der Waals surface area contributed by atoms with Gasteiger partial charge in [-0.05, 0) is 45.0 Å². The minimum absolute atomic E-state index is 0.222. The van der Waals surface area contributed by atoms with Gasteiger partial charge in [-0.3, -0.25) is 4.79 Å². The lowest BCUT2D eigenvalue weighted by molar-refractivity contribution is 0.569. The van der Waals surface area contributed by atoms with Crippen molar-refractivity contribution in [1.82, 2.24) is 0 Å². The Balaban J connectivity index is 0.000000490. The van der Waals surface area contributed by atoms with Crippen LogP contribution in [0.15, 0.2) is 72.8 Å². The van der Waals surface area contributed by atoms with Crippen LogP contribution in [-0.4, -0.2) is 5.75 Å². The van der Waals surface area contributed by atoms with Gasteiger partial charge < -0.3 is 5.32 Å². The highest BCUT2D eigenvalue weighted by molar-refractivity contribution is 6.54. The second-order valence-corrected chi connectivity index (χ2v) is 6.17. The quantitative estimate of drug-likeness (QED) is 0.210. The maximum atomic E-state index is 8.57. The molecule has 0 fully saturated rings. The van der Waals surface area contributed by atoms with Crippen LogP contribution in [0, 0.1) is 0 Å². The first-order valence-corrected chi connectivity index (χ1v) is 8.58. The van der Waals surface area contributed by atoms with Gasteiger partial charge in [0.25, 0.3) is 0 Å². The van der Waals surface area contributed by atoms with Crippen molar-refractivity contribution >= 4 is 50.3 Å². The number of benzene rings is 4. The molecule has 0 radical (unpaired) electrons. The van der Waals surface area contributed by atoms with Crippen LogP contribution in [0.3, 0.4) is 0 Å². The predicted octanol–water partition coefficient (Wildman–Crippen LogP) is 6.06. The number of hydrogen-bond acceptors (Lipinski definition) is 2. The van der Waals surface area contributed by atoms with Gasteiger partial charge in [0.1, 0.15) is 0 Å². The lowest BCUT2D eigenvalue weighted by atomic mass is 9.88. The topological polar surface area (TPSA) is 29.1 Å². The molecule has 4 aromatic carbocycles. The van der Waals surface area contributed by atoms with Gasteiger partial charge in [0.2, 0.25) is 5.75 Å². The summed E-state index contributed by atoms with van der Waals surface area (Å²) in [7, 11) is 0. The summed E-state index contributed by atoms with van der Waals surface area (Å²) in [6.45, 7) is 0. The standard InChI is InChI=1S/C21H15N.CHClO/c1-6-12-20-14(7-1)13-19-17-10-3-2-8-15(17)16-9-4-5-11-18(16)21(19)22-20;2-1-3/h1-12,22H,13H2;1H. The maximum Gasteiger partial charge on any atom is 0.208 e. The summed E-state index contributed by atoms with van der Waals surface area (Å²) >= 11 is 4.32. The van der Waals surface area contributed by atoms with Gasteiger partial charge in [-0.15, -0.1) is 0 Å². The molecule has 1 N–H and O–H groups in total. The van der Waals surface area contributed by atoms with Gasteiger partial charge in [-0.2, -0.15) is 0 Å². The third-order valence-corrected chi connectivity index (χ3v) is 4.68. The fourth-order valence-electron chi connectivity index (χ4n) is 3.66. The van der Waals surface area contributed by atoms with Crippen molar-refractivity contribution < 1.29 is 4.79 Å². The number of fused-ring (bicyclic) bond motifs is 7. The molecule has 0 aliphatic carbocycles. The van der Waals surface area contributed by atoms with Crippen molar-refractivity contribution in [3.63, 3.8) is 0 Å². The summed E-state index contributed by atoms with van der Waals surface area (Å²) in [6.07, 6.45) is 0.990. The number of hydrogen-bond donors (Lipinski definition) is 1. The van der Waals surface area contributed by atoms with Gasteiger partial charge in [0, 0.05) is 17.5 Å². The SMILES string of the molecule is O=CCl.c1ccc2c(c1)Cc1c(c3ccccc3c3ccccc13)N2. The Labute approximate surface area is 151 Å². The molecule has 1 aliphatic rings. The van der Waals surface area contributed by atoms with Gasteiger partial charge in [-0.1, -0.05) is 66.7 Å². The molecule has 1 aliphatic heterocycles. The molecule has 25 heavy (non-hydrogen) atoms. The fraction of sp³-hybridized carbons (Fsp3) is 0.0455. The number of nitrogens with one attached hydrogen (secondary N) is 1. The zero-order valence-corrected chi connectivity index (χ0v) is 14.3. The highest BCUT2D eigenvalue weighted by Gasteiger charge is 2.19. The van der Waals surface area contributed by atoms with Crippen LogP contribution in [-0.2, 0) is 11.2 Å². The third-order valence-electron chi connectivity index (χ3n) is 4.68. The molecule has 5 rings (SSSR count). The molecular formula is C22H16ClNO. The summed E-state index contributed by atoms with van der Waals surface area (Å²) in [6, 6.07) is 26.0. The molecule has 0 unspecified atom stereocenters. The van der Waals surface area contributed by atoms with Crippen LogP contribution in [0.25, 0.3) is 21.5 Å². The molecule has 2 nitrogen and oxygen atoms in total. The second-order valence-electron chi connectivity index (χ2n) is 5.99. The van der Waals surface area contributed by atoms with Crippen LogP contribution >= 0.6 is 11.6 Å². The molecule has 0 saturated carbocycles. The van der Waals surface area contributed by atoms with Crippen LogP contribution in [0.4, 0.5) is 11.4 Å². The molecule has 0 aromatic heterocycles. The molecule has 1 heterocycles. The Morgan fingerprint density at radius 1 is 0.760 bits per heavy atom. The van der Waals surface area contributed by atoms with Crippen LogP contribution in [0.1, 0.15) is 11.1 Å². The Hall–Kier alpha value is -2.84. The van der Waals surface area contributed by atoms with Gasteiger partial charge >= 0.3 is 0 Å². The van der Waals surface area contributed by atoms with Gasteiger partial charge in [0.15, 0.2) is 0 Å². The van der Waals surface area contributed by atoms with E-state index in [-0.39, 0.29) is 5.75 Å². The van der Waals surface area contributed by atoms with E-state index in [0.717, 1.165) is 6.42 Å². The highest BCUT2D eigenvalue weighted by atomic mass is 35.5. The number of para-hydroxylation sites is 1. The first-order valence-electron chi connectivity index (χ1n) is 8.14. The molecule has 122 valence electrons. The van der Waals surface area contributed by atoms with E-state index in [2.05, 4.69) is 89.7 Å². The van der Waals surface area contributed by atoms with E-state index in [1.54, 1.807) is 0 Å². The summed E-state index contributed by atoms with van der Waals surface area (Å²) in [5, 5.41) is 9.01. The van der Waals surface area contributed by atoms with Crippen molar-refractivity contribution in [2.24, 2.45) is 0 Å². The van der Waals surface area contributed by atoms with Crippen LogP contribution < -0.4 is 5.32 Å². The minimum atomic E-state index is 0.222. The second kappa shape index (κ2) is 6.58. The molecular weight excluding hydrogens is 330 g/mol. The largest absolute Gasteiger partial charge is 0.355 e. The van der Waals surface area contributed by atoms with E-state index in [4.69, 9.17) is 4.79 Å². The van der Waals surface area contributed by atoms with Crippen LogP contribution in [0.5, 0.6) is 0 Å². The van der Waals surface area contributed by atoms with Crippen molar-refractivity contribution in [3.05, 3.63) is 83.9 Å².